The molecule has 0 aliphatic heterocycles. The number of benzene rings is 1. The predicted octanol–water partition coefficient (Wildman–Crippen LogP) is 2.77. The lowest BCUT2D eigenvalue weighted by atomic mass is 10.0. The molecule has 0 atom stereocenters. The van der Waals surface area contributed by atoms with Gasteiger partial charge in [0, 0.05) is 18.0 Å². The number of nitrogens with zero attached hydrogens (tertiary/aromatic N) is 3. The second kappa shape index (κ2) is 6.20. The molecule has 0 unspecified atom stereocenters. The van der Waals surface area contributed by atoms with Gasteiger partial charge in [0.1, 0.15) is 11.6 Å². The number of aromatic amines is 2. The molecule has 4 aromatic rings. The highest BCUT2D eigenvalue weighted by Crippen LogP contribution is 2.32. The molecule has 7 heteroatoms. The number of H-pyrrole nitrogens is 2. The highest BCUT2D eigenvalue weighted by atomic mass is 16.5. The van der Waals surface area contributed by atoms with Crippen LogP contribution in [0.5, 0.6) is 5.75 Å². The molecular weight excluding hydrogens is 318 g/mol. The number of nitrogens with one attached hydrogen (secondary N) is 2. The third-order valence-electron chi connectivity index (χ3n) is 3.82. The number of pyridine rings is 1. The number of fused-ring (bicyclic) bond motifs is 1. The summed E-state index contributed by atoms with van der Waals surface area (Å²) in [7, 11) is 0. The van der Waals surface area contributed by atoms with E-state index in [0.717, 1.165) is 11.1 Å². The lowest BCUT2D eigenvalue weighted by Crippen LogP contribution is -2.10. The maximum atomic E-state index is 12.2. The number of hydrogen-bond acceptors (Lipinski definition) is 5. The van der Waals surface area contributed by atoms with Crippen LogP contribution in [-0.4, -0.2) is 31.5 Å². The molecule has 0 saturated heterocycles. The van der Waals surface area contributed by atoms with Crippen LogP contribution < -0.4 is 10.3 Å². The molecule has 124 valence electrons. The van der Waals surface area contributed by atoms with E-state index in [1.807, 2.05) is 37.3 Å². The highest BCUT2D eigenvalue weighted by Gasteiger charge is 2.13. The molecule has 0 bridgehead atoms. The summed E-state index contributed by atoms with van der Waals surface area (Å²) in [6.07, 6.45) is 4.97. The summed E-state index contributed by atoms with van der Waals surface area (Å²) in [5.41, 5.74) is 3.11. The second-order valence-electron chi connectivity index (χ2n) is 5.40. The monoisotopic (exact) mass is 333 g/mol. The van der Waals surface area contributed by atoms with E-state index in [0.29, 0.717) is 29.4 Å². The molecule has 4 rings (SSSR count). The molecular formula is C18H15N5O2. The van der Waals surface area contributed by atoms with Crippen molar-refractivity contribution in [1.82, 2.24) is 24.9 Å². The number of ether oxygens (including phenoxy) is 1. The quantitative estimate of drug-likeness (QED) is 0.598. The van der Waals surface area contributed by atoms with Crippen molar-refractivity contribution in [3.8, 4) is 28.3 Å². The molecule has 25 heavy (non-hydrogen) atoms. The summed E-state index contributed by atoms with van der Waals surface area (Å²) in [5, 5.41) is 0. The molecule has 7 nitrogen and oxygen atoms in total. The minimum atomic E-state index is -0.292. The van der Waals surface area contributed by atoms with Gasteiger partial charge in [0.05, 0.1) is 18.5 Å². The zero-order valence-corrected chi connectivity index (χ0v) is 13.5. The molecule has 0 aliphatic rings. The van der Waals surface area contributed by atoms with E-state index in [9.17, 15) is 4.79 Å². The van der Waals surface area contributed by atoms with Gasteiger partial charge < -0.3 is 14.7 Å². The molecule has 0 saturated carbocycles. The first-order chi connectivity index (χ1) is 12.3. The molecule has 0 fully saturated rings. The fraction of sp³-hybridized carbons (Fsp3) is 0.111. The Hall–Kier alpha value is -3.48. The third-order valence-corrected chi connectivity index (χ3v) is 3.82. The molecule has 2 N–H and O–H groups in total. The Labute approximate surface area is 142 Å². The summed E-state index contributed by atoms with van der Waals surface area (Å²) >= 11 is 0. The first-order valence-electron chi connectivity index (χ1n) is 7.87. The summed E-state index contributed by atoms with van der Waals surface area (Å²) in [4.78, 5) is 30.4. The fourth-order valence-electron chi connectivity index (χ4n) is 2.68. The Balaban J connectivity index is 1.86. The van der Waals surface area contributed by atoms with Crippen LogP contribution in [0.15, 0.2) is 53.8 Å². The van der Waals surface area contributed by atoms with Crippen molar-refractivity contribution in [3.05, 3.63) is 59.4 Å². The van der Waals surface area contributed by atoms with E-state index in [2.05, 4.69) is 24.9 Å². The Morgan fingerprint density at radius 1 is 1.20 bits per heavy atom. The van der Waals surface area contributed by atoms with Crippen molar-refractivity contribution in [2.45, 2.75) is 6.92 Å². The SMILES string of the molecule is CCOc1cc(-c2cccnc2)ccc1-c1nc2[nH]cnc2c(=O)[nH]1. The van der Waals surface area contributed by atoms with Gasteiger partial charge in [-0.2, -0.15) is 0 Å². The van der Waals surface area contributed by atoms with Crippen molar-refractivity contribution < 1.29 is 4.74 Å². The van der Waals surface area contributed by atoms with Gasteiger partial charge in [-0.15, -0.1) is 0 Å². The Morgan fingerprint density at radius 2 is 2.12 bits per heavy atom. The van der Waals surface area contributed by atoms with Crippen molar-refractivity contribution in [3.63, 3.8) is 0 Å². The number of hydrogen-bond donors (Lipinski definition) is 2. The number of rotatable bonds is 4. The summed E-state index contributed by atoms with van der Waals surface area (Å²) in [6.45, 7) is 2.41. The molecule has 3 heterocycles. The molecule has 1 aromatic carbocycles. The Morgan fingerprint density at radius 3 is 2.92 bits per heavy atom. The third kappa shape index (κ3) is 2.76. The van der Waals surface area contributed by atoms with Gasteiger partial charge in [-0.1, -0.05) is 12.1 Å². The van der Waals surface area contributed by atoms with E-state index < -0.39 is 0 Å². The number of aromatic nitrogens is 5. The standard InChI is InChI=1S/C18H15N5O2/c1-2-25-14-8-11(12-4-3-7-19-9-12)5-6-13(14)16-22-17-15(18(24)23-16)20-10-21-17/h3-10H,2H2,1H3,(H2,20,21,22,23,24). The molecule has 0 spiro atoms. The molecule has 0 radical (unpaired) electrons. The maximum absolute atomic E-state index is 12.2. The van der Waals surface area contributed by atoms with Crippen LogP contribution in [0.1, 0.15) is 6.92 Å². The lowest BCUT2D eigenvalue weighted by molar-refractivity contribution is 0.341. The molecule has 3 aromatic heterocycles. The predicted molar refractivity (Wildman–Crippen MR) is 94.3 cm³/mol. The van der Waals surface area contributed by atoms with Crippen molar-refractivity contribution in [2.24, 2.45) is 0 Å². The van der Waals surface area contributed by atoms with E-state index in [1.54, 1.807) is 12.4 Å². The van der Waals surface area contributed by atoms with Gasteiger partial charge in [0.25, 0.3) is 5.56 Å². The largest absolute Gasteiger partial charge is 0.493 e. The van der Waals surface area contributed by atoms with Gasteiger partial charge in [0.2, 0.25) is 0 Å². The minimum Gasteiger partial charge on any atom is -0.493 e. The van der Waals surface area contributed by atoms with Crippen LogP contribution in [0.3, 0.4) is 0 Å². The van der Waals surface area contributed by atoms with E-state index in [-0.39, 0.29) is 11.1 Å². The first-order valence-corrected chi connectivity index (χ1v) is 7.87. The highest BCUT2D eigenvalue weighted by molar-refractivity contribution is 5.76. The number of imidazole rings is 1. The topological polar surface area (TPSA) is 96.6 Å². The van der Waals surface area contributed by atoms with E-state index in [1.165, 1.54) is 6.33 Å². The van der Waals surface area contributed by atoms with Gasteiger partial charge in [0.15, 0.2) is 11.2 Å². The second-order valence-corrected chi connectivity index (χ2v) is 5.40. The zero-order valence-electron chi connectivity index (χ0n) is 13.5. The smallest absolute Gasteiger partial charge is 0.279 e. The van der Waals surface area contributed by atoms with Crippen molar-refractivity contribution >= 4 is 11.2 Å². The van der Waals surface area contributed by atoms with Crippen LogP contribution in [0.4, 0.5) is 0 Å². The average molecular weight is 333 g/mol. The fourth-order valence-corrected chi connectivity index (χ4v) is 2.68. The van der Waals surface area contributed by atoms with Crippen molar-refractivity contribution in [2.75, 3.05) is 6.61 Å². The van der Waals surface area contributed by atoms with E-state index >= 15 is 0 Å². The maximum Gasteiger partial charge on any atom is 0.279 e. The normalized spacial score (nSPS) is 10.9. The van der Waals surface area contributed by atoms with Gasteiger partial charge in [-0.3, -0.25) is 9.78 Å². The summed E-state index contributed by atoms with van der Waals surface area (Å²) in [6, 6.07) is 9.62. The van der Waals surface area contributed by atoms with E-state index in [4.69, 9.17) is 4.74 Å². The summed E-state index contributed by atoms with van der Waals surface area (Å²) in [5.74, 6) is 1.08. The van der Waals surface area contributed by atoms with Crippen molar-refractivity contribution in [1.29, 1.82) is 0 Å². The van der Waals surface area contributed by atoms with Crippen LogP contribution in [-0.2, 0) is 0 Å². The van der Waals surface area contributed by atoms with Crippen LogP contribution in [0, 0.1) is 0 Å². The molecule has 0 amide bonds. The summed E-state index contributed by atoms with van der Waals surface area (Å²) < 4.78 is 5.78. The van der Waals surface area contributed by atoms with Gasteiger partial charge in [-0.25, -0.2) is 9.97 Å². The minimum absolute atomic E-state index is 0.286. The van der Waals surface area contributed by atoms with Crippen LogP contribution >= 0.6 is 0 Å². The van der Waals surface area contributed by atoms with Gasteiger partial charge >= 0.3 is 0 Å². The van der Waals surface area contributed by atoms with Gasteiger partial charge in [-0.05, 0) is 30.7 Å². The van der Waals surface area contributed by atoms with Crippen LogP contribution in [0.25, 0.3) is 33.7 Å². The Bertz CT molecular complexity index is 1090. The van der Waals surface area contributed by atoms with Crippen LogP contribution in [0.2, 0.25) is 0 Å². The average Bonchev–Trinajstić information content (AvgIpc) is 3.12. The molecule has 0 aliphatic carbocycles. The lowest BCUT2D eigenvalue weighted by Gasteiger charge is -2.12. The first kappa shape index (κ1) is 15.1. The Kier molecular flexibility index (Phi) is 3.74. The zero-order chi connectivity index (χ0) is 17.2.